The fraction of sp³-hybridized carbons (Fsp3) is 1.00. The van der Waals surface area contributed by atoms with E-state index < -0.39 is 16.1 Å². The Hall–Kier alpha value is 0.463. The molecule has 0 saturated carbocycles. The van der Waals surface area contributed by atoms with E-state index in [9.17, 15) is 0 Å². The van der Waals surface area contributed by atoms with Gasteiger partial charge < -0.3 is 0 Å². The summed E-state index contributed by atoms with van der Waals surface area (Å²) in [5, 5.41) is 0. The maximum absolute atomic E-state index is 5.26. The summed E-state index contributed by atoms with van der Waals surface area (Å²) in [6.45, 7) is 8.08. The first-order valence-electron chi connectivity index (χ1n) is 3.19. The van der Waals surface area contributed by atoms with Gasteiger partial charge in [0.15, 0.2) is 0 Å². The van der Waals surface area contributed by atoms with E-state index in [4.69, 9.17) is 7.53 Å². The van der Waals surface area contributed by atoms with Crippen molar-refractivity contribution in [3.63, 3.8) is 0 Å². The second kappa shape index (κ2) is 5.26. The van der Waals surface area contributed by atoms with Crippen LogP contribution in [-0.4, -0.2) is 28.3 Å². The summed E-state index contributed by atoms with van der Waals surface area (Å²) < 4.78 is 10.5. The van der Waals surface area contributed by atoms with Gasteiger partial charge in [-0.2, -0.15) is 0 Å². The van der Waals surface area contributed by atoms with Gasteiger partial charge in [0.1, 0.15) is 0 Å². The minimum absolute atomic E-state index is 0.323. The summed E-state index contributed by atoms with van der Waals surface area (Å²) in [6.07, 6.45) is 0.646. The van der Waals surface area contributed by atoms with Crippen molar-refractivity contribution >= 4 is 16.1 Å². The van der Waals surface area contributed by atoms with Gasteiger partial charge >= 0.3 is 63.5 Å². The Morgan fingerprint density at radius 2 is 1.22 bits per heavy atom. The molecule has 2 radical (unpaired) electrons. The molecular formula is C6H14GeO2. The van der Waals surface area contributed by atoms with E-state index in [1.165, 1.54) is 0 Å². The van der Waals surface area contributed by atoms with Gasteiger partial charge in [0.2, 0.25) is 0 Å². The molecule has 3 heteroatoms. The second-order valence-corrected chi connectivity index (χ2v) is 3.76. The Kier molecular flexibility index (Phi) is 5.53. The molecule has 0 aromatic heterocycles. The van der Waals surface area contributed by atoms with Gasteiger partial charge in [0.05, 0.1) is 0 Å². The van der Waals surface area contributed by atoms with Crippen LogP contribution in [0.4, 0.5) is 0 Å². The predicted octanol–water partition coefficient (Wildman–Crippen LogP) is 1.37. The summed E-state index contributed by atoms with van der Waals surface area (Å²) in [7, 11) is 0. The maximum atomic E-state index is 5.26. The predicted molar refractivity (Wildman–Crippen MR) is 38.2 cm³/mol. The van der Waals surface area contributed by atoms with Gasteiger partial charge in [0, 0.05) is 0 Å². The molecule has 0 fully saturated rings. The summed E-state index contributed by atoms with van der Waals surface area (Å²) in [6, 6.07) is 0. The Morgan fingerprint density at radius 1 is 0.889 bits per heavy atom. The number of hydrogen-bond donors (Lipinski definition) is 0. The van der Waals surface area contributed by atoms with E-state index in [1.807, 2.05) is 27.7 Å². The molecule has 0 atom stereocenters. The van der Waals surface area contributed by atoms with Crippen molar-refractivity contribution in [3.05, 3.63) is 0 Å². The molecule has 0 heterocycles. The van der Waals surface area contributed by atoms with Crippen molar-refractivity contribution in [3.8, 4) is 0 Å². The standard InChI is InChI=1S/C6H14GeO2/c1-5(2)8-7-9-6(3)4/h5-6H,1-4H3. The van der Waals surface area contributed by atoms with Crippen LogP contribution in [0.5, 0.6) is 0 Å². The Bertz CT molecular complexity index is 56.1. The van der Waals surface area contributed by atoms with E-state index >= 15 is 0 Å². The van der Waals surface area contributed by atoms with Gasteiger partial charge in [-0.05, 0) is 0 Å². The molecule has 54 valence electrons. The van der Waals surface area contributed by atoms with E-state index in [2.05, 4.69) is 0 Å². The zero-order valence-corrected chi connectivity index (χ0v) is 8.57. The third-order valence-electron chi connectivity index (χ3n) is 0.568. The van der Waals surface area contributed by atoms with Gasteiger partial charge in [-0.25, -0.2) is 0 Å². The van der Waals surface area contributed by atoms with Crippen molar-refractivity contribution in [2.75, 3.05) is 0 Å². The summed E-state index contributed by atoms with van der Waals surface area (Å²) in [4.78, 5) is 0. The van der Waals surface area contributed by atoms with Gasteiger partial charge in [-0.3, -0.25) is 0 Å². The van der Waals surface area contributed by atoms with Crippen LogP contribution in [-0.2, 0) is 7.53 Å². The monoisotopic (exact) mass is 192 g/mol. The van der Waals surface area contributed by atoms with Crippen LogP contribution >= 0.6 is 0 Å². The zero-order valence-electron chi connectivity index (χ0n) is 6.47. The quantitative estimate of drug-likeness (QED) is 0.624. The van der Waals surface area contributed by atoms with Crippen LogP contribution in [0.25, 0.3) is 0 Å². The van der Waals surface area contributed by atoms with Crippen LogP contribution in [0.3, 0.4) is 0 Å². The van der Waals surface area contributed by atoms with Crippen LogP contribution in [0, 0.1) is 0 Å². The van der Waals surface area contributed by atoms with Crippen molar-refractivity contribution in [2.24, 2.45) is 0 Å². The molecule has 0 rings (SSSR count). The molecule has 0 aliphatic carbocycles. The Balaban J connectivity index is 2.91. The van der Waals surface area contributed by atoms with Crippen molar-refractivity contribution in [2.45, 2.75) is 39.9 Å². The first kappa shape index (κ1) is 9.46. The Morgan fingerprint density at radius 3 is 1.44 bits per heavy atom. The molecule has 2 nitrogen and oxygen atoms in total. The third kappa shape index (κ3) is 8.46. The molecule has 0 bridgehead atoms. The minimum atomic E-state index is -0.574. The van der Waals surface area contributed by atoms with Crippen LogP contribution in [0.1, 0.15) is 27.7 Å². The number of rotatable bonds is 4. The van der Waals surface area contributed by atoms with E-state index in [-0.39, 0.29) is 0 Å². The molecule has 0 aromatic rings. The average Bonchev–Trinajstić information content (AvgIpc) is 1.63. The fourth-order valence-corrected chi connectivity index (χ4v) is 1.14. The first-order valence-corrected chi connectivity index (χ1v) is 4.90. The molecular weight excluding hydrogens is 177 g/mol. The van der Waals surface area contributed by atoms with Gasteiger partial charge in [-0.15, -0.1) is 0 Å². The zero-order chi connectivity index (χ0) is 7.28. The van der Waals surface area contributed by atoms with Crippen LogP contribution in [0.2, 0.25) is 0 Å². The van der Waals surface area contributed by atoms with Crippen molar-refractivity contribution in [1.29, 1.82) is 0 Å². The number of hydrogen-bond acceptors (Lipinski definition) is 2. The van der Waals surface area contributed by atoms with Gasteiger partial charge in [-0.1, -0.05) is 0 Å². The molecule has 0 unspecified atom stereocenters. The molecule has 0 spiro atoms. The summed E-state index contributed by atoms with van der Waals surface area (Å²) in [5.74, 6) is 0. The average molecular weight is 191 g/mol. The first-order chi connectivity index (χ1) is 4.13. The third-order valence-corrected chi connectivity index (χ3v) is 2.95. The van der Waals surface area contributed by atoms with Crippen molar-refractivity contribution in [1.82, 2.24) is 0 Å². The molecule has 9 heavy (non-hydrogen) atoms. The molecule has 0 aliphatic rings. The topological polar surface area (TPSA) is 18.5 Å². The van der Waals surface area contributed by atoms with Crippen LogP contribution < -0.4 is 0 Å². The van der Waals surface area contributed by atoms with E-state index in [0.717, 1.165) is 0 Å². The van der Waals surface area contributed by atoms with Crippen LogP contribution in [0.15, 0.2) is 0 Å². The van der Waals surface area contributed by atoms with E-state index in [0.29, 0.717) is 12.2 Å². The summed E-state index contributed by atoms with van der Waals surface area (Å²) in [5.41, 5.74) is 0. The molecule has 0 amide bonds. The SMILES string of the molecule is CC(C)[O][Ge][O]C(C)C. The second-order valence-electron chi connectivity index (χ2n) is 2.42. The molecule has 0 aliphatic heterocycles. The fourth-order valence-electron chi connectivity index (χ4n) is 0.220. The van der Waals surface area contributed by atoms with Gasteiger partial charge in [0.25, 0.3) is 0 Å². The molecule has 0 N–H and O–H groups in total. The Labute approximate surface area is 64.1 Å². The molecule has 0 aromatic carbocycles. The normalized spacial score (nSPS) is 11.3. The van der Waals surface area contributed by atoms with Crippen molar-refractivity contribution < 1.29 is 7.53 Å². The molecule has 0 saturated heterocycles. The summed E-state index contributed by atoms with van der Waals surface area (Å²) >= 11 is -0.574. The van der Waals surface area contributed by atoms with E-state index in [1.54, 1.807) is 0 Å².